The third-order valence-corrected chi connectivity index (χ3v) is 10.2. The molecule has 5 heteroatoms. The summed E-state index contributed by atoms with van der Waals surface area (Å²) in [5.74, 6) is 1.84. The summed E-state index contributed by atoms with van der Waals surface area (Å²) in [7, 11) is 0. The summed E-state index contributed by atoms with van der Waals surface area (Å²) in [4.78, 5) is 17.9. The molecule has 0 bridgehead atoms. The lowest BCUT2D eigenvalue weighted by Crippen LogP contribution is -2.15. The average Bonchev–Trinajstić information content (AvgIpc) is 3.59. The zero-order chi connectivity index (χ0) is 34.2. The molecule has 0 fully saturated rings. The largest absolute Gasteiger partial charge is 0.456 e. The second-order valence-corrected chi connectivity index (χ2v) is 13.2. The quantitative estimate of drug-likeness (QED) is 0.187. The van der Waals surface area contributed by atoms with Crippen LogP contribution in [0.25, 0.3) is 88.8 Å². The van der Waals surface area contributed by atoms with Crippen molar-refractivity contribution in [3.05, 3.63) is 170 Å². The topological polar surface area (TPSA) is 55.1 Å². The minimum Gasteiger partial charge on any atom is -0.456 e. The number of rotatable bonds is 4. The van der Waals surface area contributed by atoms with Crippen molar-refractivity contribution >= 4 is 60.5 Å². The van der Waals surface area contributed by atoms with Crippen molar-refractivity contribution in [1.29, 1.82) is 0 Å². The highest BCUT2D eigenvalue weighted by Gasteiger charge is 2.27. The molecule has 1 aliphatic heterocycles. The first-order valence-corrected chi connectivity index (χ1v) is 17.4. The molecular formula is C47H28N4O. The molecule has 0 spiro atoms. The fraction of sp³-hybridized carbons (Fsp3) is 0. The zero-order valence-corrected chi connectivity index (χ0v) is 27.9. The lowest BCUT2D eigenvalue weighted by Gasteiger charge is -2.34. The highest BCUT2D eigenvalue weighted by atomic mass is 16.3. The summed E-state index contributed by atoms with van der Waals surface area (Å²) < 4.78 is 6.16. The summed E-state index contributed by atoms with van der Waals surface area (Å²) in [6.45, 7) is 0. The van der Waals surface area contributed by atoms with E-state index in [2.05, 4.69) is 114 Å². The van der Waals surface area contributed by atoms with Gasteiger partial charge in [-0.1, -0.05) is 121 Å². The number of fused-ring (bicyclic) bond motifs is 6. The first kappa shape index (κ1) is 28.7. The zero-order valence-electron chi connectivity index (χ0n) is 27.9. The third kappa shape index (κ3) is 4.39. The summed E-state index contributed by atoms with van der Waals surface area (Å²) in [6, 6.07) is 59.3. The predicted octanol–water partition coefficient (Wildman–Crippen LogP) is 12.5. The highest BCUT2D eigenvalue weighted by molar-refractivity contribution is 6.14. The molecule has 0 aliphatic carbocycles. The molecule has 8 aromatic carbocycles. The second kappa shape index (κ2) is 11.2. The van der Waals surface area contributed by atoms with Gasteiger partial charge in [-0.05, 0) is 70.3 Å². The Labute approximate surface area is 299 Å². The van der Waals surface area contributed by atoms with Gasteiger partial charge >= 0.3 is 0 Å². The molecule has 0 N–H and O–H groups in total. The molecular weight excluding hydrogens is 637 g/mol. The van der Waals surface area contributed by atoms with Crippen molar-refractivity contribution in [3.8, 4) is 45.3 Å². The molecule has 0 unspecified atom stereocenters. The van der Waals surface area contributed by atoms with Crippen LogP contribution in [0.1, 0.15) is 0 Å². The molecule has 10 aromatic rings. The fourth-order valence-electron chi connectivity index (χ4n) is 7.85. The molecule has 0 saturated carbocycles. The minimum absolute atomic E-state index is 0.604. The third-order valence-electron chi connectivity index (χ3n) is 10.2. The smallest absolute Gasteiger partial charge is 0.164 e. The lowest BCUT2D eigenvalue weighted by molar-refractivity contribution is 0.669. The van der Waals surface area contributed by atoms with Gasteiger partial charge in [0.2, 0.25) is 0 Å². The molecule has 2 aromatic heterocycles. The second-order valence-electron chi connectivity index (χ2n) is 13.2. The first-order valence-electron chi connectivity index (χ1n) is 17.4. The molecule has 0 saturated heterocycles. The van der Waals surface area contributed by atoms with E-state index in [1.54, 1.807) is 0 Å². The van der Waals surface area contributed by atoms with Crippen molar-refractivity contribution in [2.45, 2.75) is 0 Å². The monoisotopic (exact) mass is 664 g/mol. The van der Waals surface area contributed by atoms with E-state index in [9.17, 15) is 0 Å². The van der Waals surface area contributed by atoms with Crippen LogP contribution in [0.15, 0.2) is 174 Å². The number of furan rings is 1. The van der Waals surface area contributed by atoms with E-state index < -0.39 is 0 Å². The van der Waals surface area contributed by atoms with Crippen LogP contribution >= 0.6 is 0 Å². The first-order chi connectivity index (χ1) is 25.8. The fourth-order valence-corrected chi connectivity index (χ4v) is 7.85. The van der Waals surface area contributed by atoms with E-state index in [1.807, 2.05) is 60.7 Å². The molecule has 0 amide bonds. The maximum absolute atomic E-state index is 6.16. The van der Waals surface area contributed by atoms with E-state index in [-0.39, 0.29) is 0 Å². The van der Waals surface area contributed by atoms with Gasteiger partial charge in [0.05, 0.1) is 11.4 Å². The van der Waals surface area contributed by atoms with E-state index >= 15 is 0 Å². The van der Waals surface area contributed by atoms with Crippen LogP contribution in [-0.2, 0) is 0 Å². The van der Waals surface area contributed by atoms with E-state index in [0.717, 1.165) is 66.5 Å². The lowest BCUT2D eigenvalue weighted by atomic mass is 9.90. The Hall–Kier alpha value is -7.11. The summed E-state index contributed by atoms with van der Waals surface area (Å²) in [5, 5.41) is 6.73. The summed E-state index contributed by atoms with van der Waals surface area (Å²) in [6.07, 6.45) is 0. The number of hydrogen-bond donors (Lipinski definition) is 0. The molecule has 11 rings (SSSR count). The normalized spacial score (nSPS) is 12.2. The summed E-state index contributed by atoms with van der Waals surface area (Å²) >= 11 is 0. The van der Waals surface area contributed by atoms with Gasteiger partial charge < -0.3 is 9.32 Å². The Morgan fingerprint density at radius 3 is 1.94 bits per heavy atom. The van der Waals surface area contributed by atoms with E-state index in [0.29, 0.717) is 17.5 Å². The Morgan fingerprint density at radius 2 is 1.04 bits per heavy atom. The average molecular weight is 665 g/mol. The number of anilines is 3. The molecule has 3 heterocycles. The van der Waals surface area contributed by atoms with Gasteiger partial charge in [0.15, 0.2) is 17.5 Å². The van der Waals surface area contributed by atoms with Gasteiger partial charge in [-0.2, -0.15) is 0 Å². The Morgan fingerprint density at radius 1 is 0.385 bits per heavy atom. The Kier molecular flexibility index (Phi) is 6.18. The van der Waals surface area contributed by atoms with Crippen molar-refractivity contribution in [1.82, 2.24) is 15.0 Å². The maximum atomic E-state index is 6.16. The van der Waals surface area contributed by atoms with Crippen LogP contribution in [0.4, 0.5) is 17.1 Å². The predicted molar refractivity (Wildman–Crippen MR) is 212 cm³/mol. The minimum atomic E-state index is 0.604. The Balaban J connectivity index is 1.17. The van der Waals surface area contributed by atoms with Gasteiger partial charge in [0.1, 0.15) is 11.2 Å². The van der Waals surface area contributed by atoms with Crippen molar-refractivity contribution < 1.29 is 4.42 Å². The van der Waals surface area contributed by atoms with E-state index in [4.69, 9.17) is 19.4 Å². The number of aromatic nitrogens is 3. The maximum Gasteiger partial charge on any atom is 0.164 e. The number of para-hydroxylation sites is 2. The van der Waals surface area contributed by atoms with E-state index in [1.165, 1.54) is 21.9 Å². The molecule has 0 radical (unpaired) electrons. The van der Waals surface area contributed by atoms with Crippen molar-refractivity contribution in [2.75, 3.05) is 4.90 Å². The van der Waals surface area contributed by atoms with Crippen LogP contribution in [0.5, 0.6) is 0 Å². The van der Waals surface area contributed by atoms with Crippen molar-refractivity contribution in [2.24, 2.45) is 0 Å². The van der Waals surface area contributed by atoms with Crippen LogP contribution in [0.3, 0.4) is 0 Å². The van der Waals surface area contributed by atoms with Gasteiger partial charge in [-0.15, -0.1) is 0 Å². The molecule has 52 heavy (non-hydrogen) atoms. The SMILES string of the molecule is c1ccc(-c2nc(-c3ccc4oc5ccccc5c4c3)nc(-c3cc(N4c5ccccc5-c5cccc6cccc4c56)cc4ccccc34)n2)cc1. The number of benzene rings is 8. The molecule has 242 valence electrons. The van der Waals surface area contributed by atoms with Gasteiger partial charge in [0.25, 0.3) is 0 Å². The van der Waals surface area contributed by atoms with Crippen LogP contribution < -0.4 is 4.90 Å². The highest BCUT2D eigenvalue weighted by Crippen LogP contribution is 2.51. The van der Waals surface area contributed by atoms with Crippen molar-refractivity contribution in [3.63, 3.8) is 0 Å². The number of hydrogen-bond acceptors (Lipinski definition) is 5. The van der Waals surface area contributed by atoms with Gasteiger partial charge in [0, 0.05) is 44.1 Å². The van der Waals surface area contributed by atoms with Gasteiger partial charge in [-0.3, -0.25) is 0 Å². The summed E-state index contributed by atoms with van der Waals surface area (Å²) in [5.41, 5.74) is 10.2. The standard InChI is InChI=1S/C47H28N4O/c1-2-12-30(13-3-1)45-48-46(32-24-25-43-38(27-32)36-19-7-9-23-42(36)52-43)50-47(49-45)39-28-33(26-31-14-4-5-17-34(31)39)51-40-21-8-6-18-35(40)37-20-10-15-29-16-11-22-41(51)44(29)37/h1-28H. The molecule has 1 aliphatic rings. The van der Waals surface area contributed by atoms with Crippen LogP contribution in [0.2, 0.25) is 0 Å². The Bertz CT molecular complexity index is 3030. The van der Waals surface area contributed by atoms with Crippen LogP contribution in [-0.4, -0.2) is 15.0 Å². The van der Waals surface area contributed by atoms with Crippen LogP contribution in [0, 0.1) is 0 Å². The van der Waals surface area contributed by atoms with Gasteiger partial charge in [-0.25, -0.2) is 15.0 Å². The molecule has 0 atom stereocenters. The molecule has 5 nitrogen and oxygen atoms in total. The number of nitrogens with zero attached hydrogens (tertiary/aromatic N) is 4.